The quantitative estimate of drug-likeness (QED) is 0.0599. The number of carbonyl (C=O) groups excluding carboxylic acids is 1. The molecule has 0 radical (unpaired) electrons. The lowest BCUT2D eigenvalue weighted by Crippen LogP contribution is -2.37. The molecule has 0 rings (SSSR count). The molecule has 0 aliphatic rings. The van der Waals surface area contributed by atoms with E-state index in [-0.39, 0.29) is 19.6 Å². The summed E-state index contributed by atoms with van der Waals surface area (Å²) in [5.41, 5.74) is 0. The summed E-state index contributed by atoms with van der Waals surface area (Å²) in [6.07, 6.45) is 26.6. The molecule has 0 bridgehead atoms. The predicted octanol–water partition coefficient (Wildman–Crippen LogP) is 5.65. The minimum atomic E-state index is -4.26. The van der Waals surface area contributed by atoms with E-state index in [1.165, 1.54) is 0 Å². The molecule has 8 nitrogen and oxygen atoms in total. The number of unbranched alkanes of at least 4 members (excludes halogenated alkanes) is 1. The smallest absolute Gasteiger partial charge is 0.463 e. The van der Waals surface area contributed by atoms with E-state index in [0.717, 1.165) is 38.5 Å². The Morgan fingerprint density at radius 1 is 0.838 bits per heavy atom. The molecule has 2 N–H and O–H groups in total. The summed E-state index contributed by atoms with van der Waals surface area (Å²) >= 11 is 0. The number of allylic oxidation sites excluding steroid dienone is 10. The van der Waals surface area contributed by atoms with Crippen molar-refractivity contribution in [3.05, 3.63) is 60.8 Å². The van der Waals surface area contributed by atoms with E-state index in [0.29, 0.717) is 17.4 Å². The normalized spacial score (nSPS) is 15.5. The second-order valence-electron chi connectivity index (χ2n) is 9.55. The third kappa shape index (κ3) is 27.1. The fourth-order valence-corrected chi connectivity index (χ4v) is 3.44. The summed E-state index contributed by atoms with van der Waals surface area (Å²) in [7, 11) is 1.52. The molecule has 0 aliphatic carbocycles. The van der Waals surface area contributed by atoms with Crippen molar-refractivity contribution in [3.8, 4) is 0 Å². The van der Waals surface area contributed by atoms with Crippen LogP contribution in [0.4, 0.5) is 0 Å². The van der Waals surface area contributed by atoms with Crippen molar-refractivity contribution in [2.45, 2.75) is 64.4 Å². The second-order valence-corrected chi connectivity index (χ2v) is 11.0. The number of nitrogens with zero attached hydrogens (tertiary/aromatic N) is 1. The van der Waals surface area contributed by atoms with Crippen molar-refractivity contribution in [2.24, 2.45) is 0 Å². The maximum absolute atomic E-state index is 11.8. The molecule has 0 aromatic carbocycles. The number of ether oxygens (including phenoxy) is 1. The summed E-state index contributed by atoms with van der Waals surface area (Å²) in [6.45, 7) is 1.92. The van der Waals surface area contributed by atoms with E-state index in [9.17, 15) is 19.4 Å². The topological polar surface area (TPSA) is 102 Å². The zero-order valence-electron chi connectivity index (χ0n) is 23.2. The molecule has 0 saturated carbocycles. The van der Waals surface area contributed by atoms with Crippen LogP contribution < -0.4 is 0 Å². The van der Waals surface area contributed by atoms with Crippen LogP contribution in [0.5, 0.6) is 0 Å². The predicted molar refractivity (Wildman–Crippen MR) is 150 cm³/mol. The number of aliphatic hydroxyl groups excluding tert-OH is 1. The average molecular weight is 543 g/mol. The molecule has 9 heteroatoms. The van der Waals surface area contributed by atoms with Crippen molar-refractivity contribution in [1.29, 1.82) is 0 Å². The summed E-state index contributed by atoms with van der Waals surface area (Å²) in [4.78, 5) is 21.4. The van der Waals surface area contributed by atoms with Gasteiger partial charge in [0.05, 0.1) is 27.7 Å². The molecular weight excluding hydrogens is 493 g/mol. The van der Waals surface area contributed by atoms with Crippen LogP contribution >= 0.6 is 7.82 Å². The van der Waals surface area contributed by atoms with Crippen LogP contribution in [0.15, 0.2) is 60.8 Å². The number of hydrogen-bond acceptors (Lipinski definition) is 6. The zero-order valence-corrected chi connectivity index (χ0v) is 24.1. The molecule has 0 fully saturated rings. The van der Waals surface area contributed by atoms with Gasteiger partial charge in [0.1, 0.15) is 25.9 Å². The van der Waals surface area contributed by atoms with Crippen molar-refractivity contribution in [2.75, 3.05) is 47.5 Å². The van der Waals surface area contributed by atoms with E-state index in [1.54, 1.807) is 0 Å². The minimum absolute atomic E-state index is 0.0419. The molecule has 37 heavy (non-hydrogen) atoms. The number of esters is 1. The lowest BCUT2D eigenvalue weighted by molar-refractivity contribution is -0.870. The Balaban J connectivity index is 3.78. The van der Waals surface area contributed by atoms with Gasteiger partial charge in [-0.25, -0.2) is 4.57 Å². The molecule has 2 atom stereocenters. The SMILES string of the molecule is CC/C=C/C/C=C/C/C=C/C/C=C/C/C=C/CCCC(=O)OCC(O)COP(=O)(O)OCC[N+](C)(C)C. The van der Waals surface area contributed by atoms with Crippen molar-refractivity contribution in [1.82, 2.24) is 0 Å². The van der Waals surface area contributed by atoms with Crippen LogP contribution in [0, 0.1) is 0 Å². The van der Waals surface area contributed by atoms with Crippen molar-refractivity contribution in [3.63, 3.8) is 0 Å². The highest BCUT2D eigenvalue weighted by Gasteiger charge is 2.24. The summed E-state index contributed by atoms with van der Waals surface area (Å²) < 4.78 is 27.0. The molecule has 2 unspecified atom stereocenters. The van der Waals surface area contributed by atoms with Crippen LogP contribution in [0.1, 0.15) is 58.3 Å². The van der Waals surface area contributed by atoms with Gasteiger partial charge in [0.15, 0.2) is 0 Å². The number of quaternary nitrogens is 1. The monoisotopic (exact) mass is 542 g/mol. The number of phosphoric ester groups is 1. The highest BCUT2D eigenvalue weighted by Crippen LogP contribution is 2.43. The fraction of sp³-hybridized carbons (Fsp3) is 0.607. The first kappa shape index (κ1) is 35.2. The van der Waals surface area contributed by atoms with E-state index in [4.69, 9.17) is 13.8 Å². The molecule has 0 aliphatic heterocycles. The summed E-state index contributed by atoms with van der Waals surface area (Å²) in [5.74, 6) is -0.433. The van der Waals surface area contributed by atoms with Crippen LogP contribution in [0.25, 0.3) is 0 Å². The molecular formula is C28H49NO7P+. The van der Waals surface area contributed by atoms with Gasteiger partial charge in [-0.2, -0.15) is 0 Å². The molecule has 0 heterocycles. The van der Waals surface area contributed by atoms with Gasteiger partial charge in [-0.1, -0.05) is 67.7 Å². The second kappa shape index (κ2) is 22.2. The third-order valence-electron chi connectivity index (χ3n) is 4.79. The lowest BCUT2D eigenvalue weighted by atomic mass is 10.2. The van der Waals surface area contributed by atoms with Gasteiger partial charge < -0.3 is 19.2 Å². The first-order valence-corrected chi connectivity index (χ1v) is 14.6. The van der Waals surface area contributed by atoms with Crippen molar-refractivity contribution < 1.29 is 37.6 Å². The number of phosphoric acid groups is 1. The Morgan fingerprint density at radius 2 is 1.35 bits per heavy atom. The van der Waals surface area contributed by atoms with E-state index in [2.05, 4.69) is 61.6 Å². The number of likely N-dealkylation sites (N-methyl/N-ethyl adjacent to an activating group) is 1. The van der Waals surface area contributed by atoms with Crippen LogP contribution in [-0.2, 0) is 23.1 Å². The highest BCUT2D eigenvalue weighted by atomic mass is 31.2. The zero-order chi connectivity index (χ0) is 27.8. The maximum atomic E-state index is 11.8. The summed E-state index contributed by atoms with van der Waals surface area (Å²) in [5, 5.41) is 9.82. The van der Waals surface area contributed by atoms with E-state index in [1.807, 2.05) is 27.2 Å². The number of aliphatic hydroxyl groups is 1. The first-order chi connectivity index (χ1) is 17.6. The van der Waals surface area contributed by atoms with Crippen molar-refractivity contribution >= 4 is 13.8 Å². The van der Waals surface area contributed by atoms with Gasteiger partial charge >= 0.3 is 13.8 Å². The minimum Gasteiger partial charge on any atom is -0.463 e. The van der Waals surface area contributed by atoms with E-state index >= 15 is 0 Å². The molecule has 0 spiro atoms. The Labute approximate surface area is 224 Å². The number of rotatable bonds is 22. The lowest BCUT2D eigenvalue weighted by Gasteiger charge is -2.24. The number of carbonyl (C=O) groups is 1. The molecule has 0 amide bonds. The van der Waals surface area contributed by atoms with Crippen LogP contribution in [-0.4, -0.2) is 74.1 Å². The largest absolute Gasteiger partial charge is 0.472 e. The standard InChI is InChI=1S/C28H48NO7P/c1-5-6-7-8-9-10-11-12-13-14-15-16-17-18-19-20-21-22-28(31)34-25-27(30)26-36-37(32,33)35-24-23-29(2,3)4/h6-7,9-10,12-13,15-16,18-19,27,30H,5,8,11,14,17,20-26H2,1-4H3/p+1/b7-6+,10-9+,13-12+,16-15+,19-18+. The van der Waals surface area contributed by atoms with Gasteiger partial charge in [-0.3, -0.25) is 13.8 Å². The van der Waals surface area contributed by atoms with Gasteiger partial charge in [0, 0.05) is 6.42 Å². The molecule has 0 aromatic heterocycles. The Hall–Kier alpha value is -1.80. The third-order valence-corrected chi connectivity index (χ3v) is 5.78. The maximum Gasteiger partial charge on any atom is 0.472 e. The van der Waals surface area contributed by atoms with Gasteiger partial charge in [-0.05, 0) is 44.9 Å². The Kier molecular flexibility index (Phi) is 21.1. The molecule has 0 aromatic rings. The Morgan fingerprint density at radius 3 is 1.86 bits per heavy atom. The highest BCUT2D eigenvalue weighted by molar-refractivity contribution is 7.47. The average Bonchev–Trinajstić information content (AvgIpc) is 2.82. The van der Waals surface area contributed by atoms with Gasteiger partial charge in [-0.15, -0.1) is 0 Å². The van der Waals surface area contributed by atoms with Gasteiger partial charge in [0.2, 0.25) is 0 Å². The van der Waals surface area contributed by atoms with Crippen LogP contribution in [0.2, 0.25) is 0 Å². The first-order valence-electron chi connectivity index (χ1n) is 13.1. The van der Waals surface area contributed by atoms with Gasteiger partial charge in [0.25, 0.3) is 0 Å². The fourth-order valence-electron chi connectivity index (χ4n) is 2.69. The Bertz CT molecular complexity index is 782. The van der Waals surface area contributed by atoms with Crippen LogP contribution in [0.3, 0.4) is 0 Å². The molecule has 0 saturated heterocycles. The van der Waals surface area contributed by atoms with E-state index < -0.39 is 26.5 Å². The number of hydrogen-bond donors (Lipinski definition) is 2. The molecule has 212 valence electrons. The summed E-state index contributed by atoms with van der Waals surface area (Å²) in [6, 6.07) is 0.